The maximum atomic E-state index is 12.8. The number of aromatic carboxylic acids is 1. The summed E-state index contributed by atoms with van der Waals surface area (Å²) in [4.78, 5) is 30.3. The molecule has 4 rings (SSSR count). The molecular formula is C25H17BrCl2N2O4S. The van der Waals surface area contributed by atoms with E-state index in [1.165, 1.54) is 28.8 Å². The van der Waals surface area contributed by atoms with E-state index in [0.29, 0.717) is 38.2 Å². The van der Waals surface area contributed by atoms with Crippen LogP contribution in [0.15, 0.2) is 75.0 Å². The molecule has 1 aliphatic rings. The molecule has 0 radical (unpaired) electrons. The lowest BCUT2D eigenvalue weighted by Crippen LogP contribution is -2.23. The van der Waals surface area contributed by atoms with Gasteiger partial charge in [0.15, 0.2) is 5.17 Å². The number of rotatable bonds is 6. The third-order valence-corrected chi connectivity index (χ3v) is 7.37. The van der Waals surface area contributed by atoms with Gasteiger partial charge in [0.25, 0.3) is 5.91 Å². The van der Waals surface area contributed by atoms with Crippen molar-refractivity contribution in [3.63, 3.8) is 0 Å². The number of benzene rings is 3. The molecule has 0 aromatic heterocycles. The van der Waals surface area contributed by atoms with Crippen LogP contribution in [0.2, 0.25) is 10.0 Å². The maximum Gasteiger partial charge on any atom is 0.335 e. The molecule has 0 bridgehead atoms. The Morgan fingerprint density at radius 3 is 2.66 bits per heavy atom. The number of ether oxygens (including phenoxy) is 1. The molecule has 3 aromatic rings. The van der Waals surface area contributed by atoms with Gasteiger partial charge in [0.2, 0.25) is 0 Å². The third-order valence-electron chi connectivity index (χ3n) is 4.95. The summed E-state index contributed by atoms with van der Waals surface area (Å²) in [6.45, 7) is 0.317. The van der Waals surface area contributed by atoms with Crippen LogP contribution in [-0.2, 0) is 11.4 Å². The van der Waals surface area contributed by atoms with Crippen molar-refractivity contribution >= 4 is 79.7 Å². The SMILES string of the molecule is CN1C(=O)/C(=C\c2ccc(OCc3ccc(Cl)c(Cl)c3)c(Br)c2)SC1=Nc1cccc(C(=O)O)c1. The van der Waals surface area contributed by atoms with Crippen LogP contribution >= 0.6 is 50.9 Å². The molecule has 0 atom stereocenters. The quantitative estimate of drug-likeness (QED) is 0.305. The summed E-state index contributed by atoms with van der Waals surface area (Å²) in [5.41, 5.74) is 2.27. The van der Waals surface area contributed by atoms with Gasteiger partial charge in [-0.1, -0.05) is 41.4 Å². The topological polar surface area (TPSA) is 79.2 Å². The highest BCUT2D eigenvalue weighted by Crippen LogP contribution is 2.35. The van der Waals surface area contributed by atoms with Gasteiger partial charge in [0.05, 0.1) is 30.7 Å². The lowest BCUT2D eigenvalue weighted by atomic mass is 10.2. The minimum Gasteiger partial charge on any atom is -0.488 e. The van der Waals surface area contributed by atoms with Crippen LogP contribution in [-0.4, -0.2) is 34.1 Å². The Morgan fingerprint density at radius 1 is 1.14 bits per heavy atom. The molecule has 1 heterocycles. The predicted molar refractivity (Wildman–Crippen MR) is 144 cm³/mol. The molecule has 1 amide bonds. The van der Waals surface area contributed by atoms with E-state index in [-0.39, 0.29) is 11.5 Å². The second-order valence-electron chi connectivity index (χ2n) is 7.45. The lowest BCUT2D eigenvalue weighted by Gasteiger charge is -2.10. The first-order valence-corrected chi connectivity index (χ1v) is 12.5. The minimum absolute atomic E-state index is 0.130. The highest BCUT2D eigenvalue weighted by Gasteiger charge is 2.30. The Balaban J connectivity index is 1.49. The molecule has 0 unspecified atom stereocenters. The van der Waals surface area contributed by atoms with E-state index in [1.807, 2.05) is 24.3 Å². The van der Waals surface area contributed by atoms with Gasteiger partial charge in [0.1, 0.15) is 12.4 Å². The van der Waals surface area contributed by atoms with Crippen LogP contribution in [0.25, 0.3) is 6.08 Å². The molecule has 0 aliphatic carbocycles. The zero-order valence-corrected chi connectivity index (χ0v) is 22.1. The minimum atomic E-state index is -1.04. The second kappa shape index (κ2) is 10.9. The van der Waals surface area contributed by atoms with Gasteiger partial charge in [-0.25, -0.2) is 9.79 Å². The zero-order chi connectivity index (χ0) is 25.1. The number of halogens is 3. The van der Waals surface area contributed by atoms with Gasteiger partial charge < -0.3 is 9.84 Å². The number of likely N-dealkylation sites (N-methyl/N-ethyl adjacent to an activating group) is 1. The van der Waals surface area contributed by atoms with E-state index in [1.54, 1.807) is 37.4 Å². The molecule has 1 saturated heterocycles. The van der Waals surface area contributed by atoms with Gasteiger partial charge in [-0.2, -0.15) is 0 Å². The first kappa shape index (κ1) is 25.3. The maximum absolute atomic E-state index is 12.8. The van der Waals surface area contributed by atoms with Crippen LogP contribution in [0.3, 0.4) is 0 Å². The first-order chi connectivity index (χ1) is 16.7. The smallest absolute Gasteiger partial charge is 0.335 e. The van der Waals surface area contributed by atoms with Gasteiger partial charge in [-0.15, -0.1) is 0 Å². The van der Waals surface area contributed by atoms with Crippen molar-refractivity contribution in [3.8, 4) is 5.75 Å². The summed E-state index contributed by atoms with van der Waals surface area (Å²) in [6.07, 6.45) is 1.77. The fourth-order valence-corrected chi connectivity index (χ4v) is 4.95. The number of nitrogens with zero attached hydrogens (tertiary/aromatic N) is 2. The molecule has 3 aromatic carbocycles. The summed E-state index contributed by atoms with van der Waals surface area (Å²) in [5.74, 6) is -0.591. The zero-order valence-electron chi connectivity index (χ0n) is 18.2. The number of amides is 1. The Kier molecular flexibility index (Phi) is 7.86. The number of carboxylic acid groups (broad SMARTS) is 1. The van der Waals surface area contributed by atoms with Crippen molar-refractivity contribution in [1.82, 2.24) is 4.90 Å². The average Bonchev–Trinajstić information content (AvgIpc) is 3.08. The Morgan fingerprint density at radius 2 is 1.94 bits per heavy atom. The van der Waals surface area contributed by atoms with Gasteiger partial charge in [-0.3, -0.25) is 9.69 Å². The fourth-order valence-electron chi connectivity index (χ4n) is 3.14. The van der Waals surface area contributed by atoms with Crippen LogP contribution in [0.1, 0.15) is 21.5 Å². The van der Waals surface area contributed by atoms with Crippen LogP contribution in [0.5, 0.6) is 5.75 Å². The van der Waals surface area contributed by atoms with Crippen molar-refractivity contribution in [1.29, 1.82) is 0 Å². The van der Waals surface area contributed by atoms with Crippen molar-refractivity contribution in [2.24, 2.45) is 4.99 Å². The first-order valence-electron chi connectivity index (χ1n) is 10.2. The number of carbonyl (C=O) groups is 2. The second-order valence-corrected chi connectivity index (χ2v) is 10.1. The molecule has 0 saturated carbocycles. The Bertz CT molecular complexity index is 1390. The summed E-state index contributed by atoms with van der Waals surface area (Å²) in [5, 5.41) is 10.6. The van der Waals surface area contributed by atoms with Gasteiger partial charge in [-0.05, 0) is 87.4 Å². The lowest BCUT2D eigenvalue weighted by molar-refractivity contribution is -0.121. The molecule has 6 nitrogen and oxygen atoms in total. The summed E-state index contributed by atoms with van der Waals surface area (Å²) < 4.78 is 6.61. The molecule has 1 aliphatic heterocycles. The van der Waals surface area contributed by atoms with E-state index < -0.39 is 5.97 Å². The molecular weight excluding hydrogens is 575 g/mol. The van der Waals surface area contributed by atoms with Crippen LogP contribution in [0.4, 0.5) is 5.69 Å². The fraction of sp³-hybridized carbons (Fsp3) is 0.0800. The number of hydrogen-bond acceptors (Lipinski definition) is 5. The van der Waals surface area contributed by atoms with Gasteiger partial charge in [0, 0.05) is 7.05 Å². The molecule has 1 fully saturated rings. The summed E-state index contributed by atoms with van der Waals surface area (Å²) in [6, 6.07) is 17.1. The number of amidine groups is 1. The molecule has 10 heteroatoms. The van der Waals surface area contributed by atoms with E-state index in [2.05, 4.69) is 20.9 Å². The third kappa shape index (κ3) is 6.08. The van der Waals surface area contributed by atoms with Crippen molar-refractivity contribution in [2.45, 2.75) is 6.61 Å². The van der Waals surface area contributed by atoms with Crippen LogP contribution < -0.4 is 4.74 Å². The van der Waals surface area contributed by atoms with Crippen molar-refractivity contribution in [2.75, 3.05) is 7.05 Å². The number of hydrogen-bond donors (Lipinski definition) is 1. The number of aliphatic imine (C=N–C) groups is 1. The van der Waals surface area contributed by atoms with Crippen molar-refractivity contribution < 1.29 is 19.4 Å². The molecule has 178 valence electrons. The van der Waals surface area contributed by atoms with E-state index in [9.17, 15) is 14.7 Å². The average molecular weight is 592 g/mol. The standard InChI is InChI=1S/C25H17BrCl2N2O4S/c1-30-23(31)22(35-25(30)29-17-4-2-3-16(12-17)24(32)33)11-14-6-8-21(18(26)9-14)34-13-15-5-7-19(27)20(28)10-15/h2-12H,13H2,1H3,(H,32,33)/b22-11+,29-25?. The monoisotopic (exact) mass is 590 g/mol. The normalized spacial score (nSPS) is 15.8. The largest absolute Gasteiger partial charge is 0.488 e. The van der Waals surface area contributed by atoms with E-state index >= 15 is 0 Å². The molecule has 1 N–H and O–H groups in total. The predicted octanol–water partition coefficient (Wildman–Crippen LogP) is 7.27. The Hall–Kier alpha value is -2.78. The Labute approximate surface area is 224 Å². The number of thioether (sulfide) groups is 1. The van der Waals surface area contributed by atoms with Crippen LogP contribution in [0, 0.1) is 0 Å². The molecule has 0 spiro atoms. The highest BCUT2D eigenvalue weighted by molar-refractivity contribution is 9.10. The summed E-state index contributed by atoms with van der Waals surface area (Å²) in [7, 11) is 1.63. The number of carbonyl (C=O) groups excluding carboxylic acids is 1. The molecule has 35 heavy (non-hydrogen) atoms. The number of carboxylic acids is 1. The van der Waals surface area contributed by atoms with E-state index in [4.69, 9.17) is 27.9 Å². The van der Waals surface area contributed by atoms with Crippen molar-refractivity contribution in [3.05, 3.63) is 96.8 Å². The van der Waals surface area contributed by atoms with Gasteiger partial charge >= 0.3 is 5.97 Å². The highest BCUT2D eigenvalue weighted by atomic mass is 79.9. The summed E-state index contributed by atoms with van der Waals surface area (Å²) >= 11 is 16.8. The van der Waals surface area contributed by atoms with E-state index in [0.717, 1.165) is 15.6 Å².